The number of fused-ring (bicyclic) bond motifs is 1. The summed E-state index contributed by atoms with van der Waals surface area (Å²) < 4.78 is 26.0. The molecule has 0 radical (unpaired) electrons. The maximum Gasteiger partial charge on any atom is 0.255 e. The zero-order chi connectivity index (χ0) is 15.5. The summed E-state index contributed by atoms with van der Waals surface area (Å²) in [5.41, 5.74) is 3.32. The molecule has 0 bridgehead atoms. The van der Waals surface area contributed by atoms with Gasteiger partial charge in [0.1, 0.15) is 5.75 Å². The van der Waals surface area contributed by atoms with Gasteiger partial charge in [0.15, 0.2) is 9.84 Å². The molecule has 8 heteroatoms. The number of hydrogen-bond donors (Lipinski definition) is 1. The monoisotopic (exact) mass is 327 g/mol. The van der Waals surface area contributed by atoms with E-state index in [1.807, 2.05) is 35.9 Å². The number of aryl methyl sites for hydroxylation is 1. The van der Waals surface area contributed by atoms with Gasteiger partial charge in [-0.05, 0) is 18.6 Å². The van der Waals surface area contributed by atoms with E-state index in [4.69, 9.17) is 0 Å². The van der Waals surface area contributed by atoms with E-state index in [2.05, 4.69) is 10.5 Å². The highest BCUT2D eigenvalue weighted by Crippen LogP contribution is 2.14. The number of carbonyl (C=O) groups excluding carboxylic acids is 1. The van der Waals surface area contributed by atoms with E-state index in [9.17, 15) is 13.2 Å². The Hall–Kier alpha value is -1.67. The highest BCUT2D eigenvalue weighted by molar-refractivity contribution is 7.92. The number of nitrogens with zero attached hydrogens (tertiary/aromatic N) is 2. The van der Waals surface area contributed by atoms with Crippen LogP contribution < -0.4 is 10.2 Å². The third-order valence-electron chi connectivity index (χ3n) is 2.86. The Kier molecular flexibility index (Phi) is 4.79. The highest BCUT2D eigenvalue weighted by atomic mass is 32.2. The number of thiazole rings is 1. The third-order valence-corrected chi connectivity index (χ3v) is 5.70. The average Bonchev–Trinajstić information content (AvgIpc) is 2.73. The standard InChI is InChI=1S/C13H17N3O3S2/c1-3-8-21(18,19)9-12(17)14-15-13-16(2)10-6-4-5-7-11(10)20-13/h4-7H,3,8-9H2,1-2H3,(H,14,17). The predicted octanol–water partition coefficient (Wildman–Crippen LogP) is 0.996. The second kappa shape index (κ2) is 6.40. The van der Waals surface area contributed by atoms with E-state index in [0.717, 1.165) is 10.2 Å². The summed E-state index contributed by atoms with van der Waals surface area (Å²) in [4.78, 5) is 12.3. The maximum absolute atomic E-state index is 11.6. The van der Waals surface area contributed by atoms with Crippen molar-refractivity contribution >= 4 is 37.3 Å². The maximum atomic E-state index is 11.6. The lowest BCUT2D eigenvalue weighted by molar-refractivity contribution is -0.118. The van der Waals surface area contributed by atoms with Gasteiger partial charge in [-0.15, -0.1) is 5.10 Å². The van der Waals surface area contributed by atoms with E-state index in [-0.39, 0.29) is 5.75 Å². The highest BCUT2D eigenvalue weighted by Gasteiger charge is 2.15. The Balaban J connectivity index is 2.16. The Morgan fingerprint density at radius 1 is 1.38 bits per heavy atom. The van der Waals surface area contributed by atoms with Gasteiger partial charge in [-0.3, -0.25) is 4.79 Å². The van der Waals surface area contributed by atoms with Gasteiger partial charge in [0.25, 0.3) is 5.91 Å². The van der Waals surface area contributed by atoms with Crippen molar-refractivity contribution in [3.8, 4) is 0 Å². The van der Waals surface area contributed by atoms with Crippen molar-refractivity contribution in [1.29, 1.82) is 0 Å². The van der Waals surface area contributed by atoms with Gasteiger partial charge in [0.05, 0.1) is 16.0 Å². The lowest BCUT2D eigenvalue weighted by Crippen LogP contribution is -2.30. The molecule has 1 N–H and O–H groups in total. The summed E-state index contributed by atoms with van der Waals surface area (Å²) in [5, 5.41) is 4.00. The topological polar surface area (TPSA) is 80.5 Å². The van der Waals surface area contributed by atoms with E-state index in [1.54, 1.807) is 6.92 Å². The van der Waals surface area contributed by atoms with Gasteiger partial charge in [0, 0.05) is 7.05 Å². The van der Waals surface area contributed by atoms with Crippen molar-refractivity contribution in [1.82, 2.24) is 9.99 Å². The molecule has 0 aliphatic heterocycles. The van der Waals surface area contributed by atoms with Crippen LogP contribution in [0.25, 0.3) is 10.2 Å². The smallest absolute Gasteiger partial charge is 0.255 e. The number of hydrogen-bond acceptors (Lipinski definition) is 5. The summed E-state index contributed by atoms with van der Waals surface area (Å²) in [6, 6.07) is 7.78. The normalized spacial score (nSPS) is 12.8. The van der Waals surface area contributed by atoms with E-state index in [0.29, 0.717) is 11.2 Å². The molecule has 114 valence electrons. The Bertz CT molecular complexity index is 819. The Morgan fingerprint density at radius 2 is 2.10 bits per heavy atom. The van der Waals surface area contributed by atoms with Crippen LogP contribution in [0.2, 0.25) is 0 Å². The largest absolute Gasteiger partial charge is 0.318 e. The van der Waals surface area contributed by atoms with Crippen LogP contribution >= 0.6 is 11.3 Å². The minimum Gasteiger partial charge on any atom is -0.318 e. The first-order chi connectivity index (χ1) is 9.93. The van der Waals surface area contributed by atoms with Crippen molar-refractivity contribution in [3.05, 3.63) is 29.1 Å². The minimum absolute atomic E-state index is 0.0110. The number of benzene rings is 1. The predicted molar refractivity (Wildman–Crippen MR) is 83.4 cm³/mol. The van der Waals surface area contributed by atoms with Crippen molar-refractivity contribution in [3.63, 3.8) is 0 Å². The molecular weight excluding hydrogens is 310 g/mol. The van der Waals surface area contributed by atoms with Crippen LogP contribution in [0.5, 0.6) is 0 Å². The molecule has 2 rings (SSSR count). The number of aromatic nitrogens is 1. The zero-order valence-corrected chi connectivity index (χ0v) is 13.5. The van der Waals surface area contributed by atoms with E-state index in [1.165, 1.54) is 11.3 Å². The van der Waals surface area contributed by atoms with Crippen molar-refractivity contribution in [2.75, 3.05) is 11.5 Å². The Morgan fingerprint density at radius 3 is 2.76 bits per heavy atom. The average molecular weight is 327 g/mol. The van der Waals surface area contributed by atoms with Crippen molar-refractivity contribution < 1.29 is 13.2 Å². The second-order valence-electron chi connectivity index (χ2n) is 4.65. The molecule has 6 nitrogen and oxygen atoms in total. The number of para-hydroxylation sites is 1. The molecule has 0 saturated carbocycles. The number of sulfone groups is 1. The number of nitrogens with one attached hydrogen (secondary N) is 1. The molecule has 0 fully saturated rings. The van der Waals surface area contributed by atoms with E-state index >= 15 is 0 Å². The van der Waals surface area contributed by atoms with Crippen molar-refractivity contribution in [2.45, 2.75) is 13.3 Å². The van der Waals surface area contributed by atoms with Crippen LogP contribution in [0, 0.1) is 0 Å². The van der Waals surface area contributed by atoms with Crippen molar-refractivity contribution in [2.24, 2.45) is 12.1 Å². The fraction of sp³-hybridized carbons (Fsp3) is 0.385. The van der Waals surface area contributed by atoms with Crippen LogP contribution in [0.3, 0.4) is 0 Å². The van der Waals surface area contributed by atoms with Crippen LogP contribution in [0.15, 0.2) is 29.4 Å². The first kappa shape index (κ1) is 15.7. The molecule has 0 aliphatic carbocycles. The van der Waals surface area contributed by atoms with Gasteiger partial charge in [-0.1, -0.05) is 30.4 Å². The molecule has 0 spiro atoms. The molecular formula is C13H17N3O3S2. The van der Waals surface area contributed by atoms with Crippen LogP contribution in [0.1, 0.15) is 13.3 Å². The molecule has 0 atom stereocenters. The quantitative estimate of drug-likeness (QED) is 0.832. The summed E-state index contributed by atoms with van der Waals surface area (Å²) in [7, 11) is -1.50. The van der Waals surface area contributed by atoms with Crippen LogP contribution in [-0.4, -0.2) is 30.4 Å². The second-order valence-corrected chi connectivity index (χ2v) is 7.84. The zero-order valence-electron chi connectivity index (χ0n) is 11.9. The SMILES string of the molecule is CCCS(=O)(=O)CC(=O)NN=c1sc2ccccc2n1C. The summed E-state index contributed by atoms with van der Waals surface area (Å²) in [6.45, 7) is 1.76. The number of carbonyl (C=O) groups is 1. The molecule has 1 aromatic carbocycles. The summed E-state index contributed by atoms with van der Waals surface area (Å²) in [6.07, 6.45) is 0.498. The molecule has 0 saturated heterocycles. The van der Waals surface area contributed by atoms with Gasteiger partial charge in [-0.25, -0.2) is 13.8 Å². The van der Waals surface area contributed by atoms with Crippen LogP contribution in [0.4, 0.5) is 0 Å². The van der Waals surface area contributed by atoms with E-state index < -0.39 is 21.5 Å². The van der Waals surface area contributed by atoms with Gasteiger partial charge < -0.3 is 4.57 Å². The molecule has 2 aromatic rings. The fourth-order valence-electron chi connectivity index (χ4n) is 1.91. The number of rotatable bonds is 5. The van der Waals surface area contributed by atoms with Gasteiger partial charge in [-0.2, -0.15) is 0 Å². The lowest BCUT2D eigenvalue weighted by Gasteiger charge is -2.01. The summed E-state index contributed by atoms with van der Waals surface area (Å²) in [5.74, 6) is -1.13. The minimum atomic E-state index is -3.35. The summed E-state index contributed by atoms with van der Waals surface area (Å²) >= 11 is 1.43. The molecule has 1 heterocycles. The molecule has 0 unspecified atom stereocenters. The molecule has 1 aromatic heterocycles. The Labute approximate surface area is 127 Å². The van der Waals surface area contributed by atoms with Gasteiger partial charge >= 0.3 is 0 Å². The van der Waals surface area contributed by atoms with Gasteiger partial charge in [0.2, 0.25) is 4.80 Å². The first-order valence-electron chi connectivity index (χ1n) is 6.50. The number of amides is 1. The molecule has 1 amide bonds. The molecule has 21 heavy (non-hydrogen) atoms. The first-order valence-corrected chi connectivity index (χ1v) is 9.14. The lowest BCUT2D eigenvalue weighted by atomic mass is 10.3. The third kappa shape index (κ3) is 3.92. The molecule has 0 aliphatic rings. The van der Waals surface area contributed by atoms with Crippen LogP contribution in [-0.2, 0) is 21.7 Å². The fourth-order valence-corrected chi connectivity index (χ4v) is 4.12.